The standard InChI is InChI=1S/C12H14N2O2S/c15-11(14-9-3-4-9)7-13-12(16)8-1-5-10(17)6-2-8/h1-2,5-6,9,17H,3-4,7H2,(H,13,16)(H,14,15). The summed E-state index contributed by atoms with van der Waals surface area (Å²) in [5.74, 6) is -0.379. The molecule has 1 aromatic rings. The molecule has 0 bridgehead atoms. The molecule has 0 saturated heterocycles. The smallest absolute Gasteiger partial charge is 0.251 e. The Hall–Kier alpha value is -1.49. The zero-order valence-electron chi connectivity index (χ0n) is 9.27. The summed E-state index contributed by atoms with van der Waals surface area (Å²) in [5, 5.41) is 5.38. The van der Waals surface area contributed by atoms with Crippen LogP contribution in [0.5, 0.6) is 0 Å². The molecule has 0 radical (unpaired) electrons. The molecule has 0 aromatic heterocycles. The van der Waals surface area contributed by atoms with Crippen molar-refractivity contribution in [2.75, 3.05) is 6.54 Å². The monoisotopic (exact) mass is 250 g/mol. The van der Waals surface area contributed by atoms with Crippen LogP contribution in [0.2, 0.25) is 0 Å². The molecule has 0 atom stereocenters. The molecule has 1 aromatic carbocycles. The summed E-state index contributed by atoms with van der Waals surface area (Å²) >= 11 is 4.13. The first-order chi connectivity index (χ1) is 8.15. The van der Waals surface area contributed by atoms with Gasteiger partial charge in [-0.3, -0.25) is 9.59 Å². The van der Waals surface area contributed by atoms with Crippen LogP contribution >= 0.6 is 12.6 Å². The van der Waals surface area contributed by atoms with Crippen LogP contribution in [0.15, 0.2) is 29.2 Å². The van der Waals surface area contributed by atoms with E-state index in [-0.39, 0.29) is 18.4 Å². The lowest BCUT2D eigenvalue weighted by atomic mass is 10.2. The predicted octanol–water partition coefficient (Wildman–Crippen LogP) is 0.984. The van der Waals surface area contributed by atoms with Crippen LogP contribution in [0.1, 0.15) is 23.2 Å². The minimum absolute atomic E-state index is 0.0258. The van der Waals surface area contributed by atoms with Crippen LogP contribution in [0.4, 0.5) is 0 Å². The Morgan fingerprint density at radius 3 is 2.47 bits per heavy atom. The molecule has 5 heteroatoms. The SMILES string of the molecule is O=C(CNC(=O)c1ccc(S)cc1)NC1CC1. The van der Waals surface area contributed by atoms with Crippen molar-refractivity contribution in [1.82, 2.24) is 10.6 Å². The largest absolute Gasteiger partial charge is 0.352 e. The van der Waals surface area contributed by atoms with E-state index in [1.807, 2.05) is 0 Å². The highest BCUT2D eigenvalue weighted by Gasteiger charge is 2.23. The van der Waals surface area contributed by atoms with Gasteiger partial charge in [-0.05, 0) is 37.1 Å². The molecule has 1 aliphatic rings. The summed E-state index contributed by atoms with van der Waals surface area (Å²) in [4.78, 5) is 23.8. The Kier molecular flexibility index (Phi) is 3.68. The van der Waals surface area contributed by atoms with Crippen molar-refractivity contribution >= 4 is 24.4 Å². The molecule has 0 spiro atoms. The highest BCUT2D eigenvalue weighted by atomic mass is 32.1. The van der Waals surface area contributed by atoms with Gasteiger partial charge in [0.15, 0.2) is 0 Å². The van der Waals surface area contributed by atoms with E-state index in [9.17, 15) is 9.59 Å². The molecule has 1 aliphatic carbocycles. The third-order valence-corrected chi connectivity index (χ3v) is 2.78. The van der Waals surface area contributed by atoms with Gasteiger partial charge in [0, 0.05) is 16.5 Å². The number of amides is 2. The van der Waals surface area contributed by atoms with Crippen LogP contribution in [0.25, 0.3) is 0 Å². The van der Waals surface area contributed by atoms with E-state index in [4.69, 9.17) is 0 Å². The van der Waals surface area contributed by atoms with E-state index in [0.29, 0.717) is 11.6 Å². The predicted molar refractivity (Wildman–Crippen MR) is 67.2 cm³/mol. The molecule has 17 heavy (non-hydrogen) atoms. The Labute approximate surface area is 105 Å². The topological polar surface area (TPSA) is 58.2 Å². The Morgan fingerprint density at radius 2 is 1.88 bits per heavy atom. The number of nitrogens with one attached hydrogen (secondary N) is 2. The highest BCUT2D eigenvalue weighted by molar-refractivity contribution is 7.80. The van der Waals surface area contributed by atoms with Crippen molar-refractivity contribution in [2.24, 2.45) is 0 Å². The van der Waals surface area contributed by atoms with Crippen molar-refractivity contribution in [3.05, 3.63) is 29.8 Å². The number of hydrogen-bond donors (Lipinski definition) is 3. The minimum atomic E-state index is -0.246. The maximum Gasteiger partial charge on any atom is 0.251 e. The number of hydrogen-bond acceptors (Lipinski definition) is 3. The van der Waals surface area contributed by atoms with Crippen LogP contribution in [-0.2, 0) is 4.79 Å². The van der Waals surface area contributed by atoms with Crippen LogP contribution in [-0.4, -0.2) is 24.4 Å². The van der Waals surface area contributed by atoms with Gasteiger partial charge in [0.1, 0.15) is 0 Å². The van der Waals surface area contributed by atoms with Crippen molar-refractivity contribution in [3.8, 4) is 0 Å². The number of thiol groups is 1. The fourth-order valence-electron chi connectivity index (χ4n) is 1.38. The molecule has 0 aliphatic heterocycles. The molecule has 0 heterocycles. The lowest BCUT2D eigenvalue weighted by Gasteiger charge is -2.06. The average Bonchev–Trinajstić information content (AvgIpc) is 3.11. The molecule has 0 unspecified atom stereocenters. The zero-order valence-corrected chi connectivity index (χ0v) is 10.2. The van der Waals surface area contributed by atoms with Gasteiger partial charge < -0.3 is 10.6 Å². The van der Waals surface area contributed by atoms with Gasteiger partial charge in [-0.1, -0.05) is 0 Å². The summed E-state index contributed by atoms with van der Waals surface area (Å²) < 4.78 is 0. The van der Waals surface area contributed by atoms with Crippen molar-refractivity contribution < 1.29 is 9.59 Å². The average molecular weight is 250 g/mol. The fourth-order valence-corrected chi connectivity index (χ4v) is 1.53. The third kappa shape index (κ3) is 3.78. The fraction of sp³-hybridized carbons (Fsp3) is 0.333. The van der Waals surface area contributed by atoms with Crippen molar-refractivity contribution in [2.45, 2.75) is 23.8 Å². The van der Waals surface area contributed by atoms with Gasteiger partial charge in [0.2, 0.25) is 5.91 Å². The summed E-state index contributed by atoms with van der Waals surface area (Å²) in [6.07, 6.45) is 2.09. The molecule has 1 fully saturated rings. The first kappa shape index (κ1) is 12.0. The van der Waals surface area contributed by atoms with Crippen LogP contribution in [0, 0.1) is 0 Å². The van der Waals surface area contributed by atoms with E-state index < -0.39 is 0 Å². The summed E-state index contributed by atoms with van der Waals surface area (Å²) in [6, 6.07) is 7.15. The van der Waals surface area contributed by atoms with E-state index in [1.54, 1.807) is 24.3 Å². The number of rotatable bonds is 4. The molecule has 1 saturated carbocycles. The first-order valence-corrected chi connectivity index (χ1v) is 5.96. The quantitative estimate of drug-likeness (QED) is 0.698. The van der Waals surface area contributed by atoms with Gasteiger partial charge in [-0.2, -0.15) is 0 Å². The Morgan fingerprint density at radius 1 is 1.24 bits per heavy atom. The van der Waals surface area contributed by atoms with Crippen molar-refractivity contribution in [3.63, 3.8) is 0 Å². The maximum atomic E-state index is 11.6. The van der Waals surface area contributed by atoms with E-state index in [1.165, 1.54) is 0 Å². The van der Waals surface area contributed by atoms with Crippen LogP contribution in [0.3, 0.4) is 0 Å². The molecule has 2 amide bonds. The second-order valence-electron chi connectivity index (χ2n) is 4.07. The highest BCUT2D eigenvalue weighted by Crippen LogP contribution is 2.18. The molecule has 2 rings (SSSR count). The van der Waals surface area contributed by atoms with Gasteiger partial charge in [-0.15, -0.1) is 12.6 Å². The molecule has 4 nitrogen and oxygen atoms in total. The molecular formula is C12H14N2O2S. The van der Waals surface area contributed by atoms with Gasteiger partial charge in [0.05, 0.1) is 6.54 Å². The second-order valence-corrected chi connectivity index (χ2v) is 4.59. The number of benzene rings is 1. The zero-order chi connectivity index (χ0) is 12.3. The lowest BCUT2D eigenvalue weighted by molar-refractivity contribution is -0.120. The summed E-state index contributed by atoms with van der Waals surface area (Å²) in [5.41, 5.74) is 0.530. The van der Waals surface area contributed by atoms with E-state index in [2.05, 4.69) is 23.3 Å². The normalized spacial score (nSPS) is 14.2. The molecular weight excluding hydrogens is 236 g/mol. The van der Waals surface area contributed by atoms with Crippen molar-refractivity contribution in [1.29, 1.82) is 0 Å². The first-order valence-electron chi connectivity index (χ1n) is 5.52. The number of carbonyl (C=O) groups is 2. The summed E-state index contributed by atoms with van der Waals surface area (Å²) in [6.45, 7) is 0.0258. The van der Waals surface area contributed by atoms with Gasteiger partial charge >= 0.3 is 0 Å². The van der Waals surface area contributed by atoms with E-state index >= 15 is 0 Å². The lowest BCUT2D eigenvalue weighted by Crippen LogP contribution is -2.37. The van der Waals surface area contributed by atoms with E-state index in [0.717, 1.165) is 17.7 Å². The summed E-state index contributed by atoms with van der Waals surface area (Å²) in [7, 11) is 0. The molecule has 2 N–H and O–H groups in total. The van der Waals surface area contributed by atoms with Gasteiger partial charge in [-0.25, -0.2) is 0 Å². The van der Waals surface area contributed by atoms with Crippen LogP contribution < -0.4 is 10.6 Å². The maximum absolute atomic E-state index is 11.6. The second kappa shape index (κ2) is 5.23. The molecule has 90 valence electrons. The Bertz CT molecular complexity index is 427. The van der Waals surface area contributed by atoms with Gasteiger partial charge in [0.25, 0.3) is 5.91 Å². The number of carbonyl (C=O) groups excluding carboxylic acids is 2. The minimum Gasteiger partial charge on any atom is -0.352 e. The third-order valence-electron chi connectivity index (χ3n) is 2.48. The Balaban J connectivity index is 1.79.